The minimum atomic E-state index is 0.000416. The first kappa shape index (κ1) is 16.0. The molecular formula is C16H17Cl2NO2. The lowest BCUT2D eigenvalue weighted by Gasteiger charge is -2.19. The second kappa shape index (κ2) is 7.03. The lowest BCUT2D eigenvalue weighted by atomic mass is 9.91. The summed E-state index contributed by atoms with van der Waals surface area (Å²) in [6.07, 6.45) is 0.663. The van der Waals surface area contributed by atoms with Crippen LogP contribution >= 0.6 is 23.2 Å². The van der Waals surface area contributed by atoms with Gasteiger partial charge in [-0.1, -0.05) is 35.3 Å². The first-order valence-corrected chi connectivity index (χ1v) is 7.32. The molecule has 0 saturated heterocycles. The molecule has 0 aliphatic carbocycles. The maximum atomic E-state index is 9.64. The van der Waals surface area contributed by atoms with Crippen LogP contribution in [0.5, 0.6) is 11.5 Å². The fourth-order valence-corrected chi connectivity index (χ4v) is 3.04. The van der Waals surface area contributed by atoms with Crippen LogP contribution in [0.4, 0.5) is 0 Å². The van der Waals surface area contributed by atoms with Crippen LogP contribution in [0, 0.1) is 0 Å². The standard InChI is InChI=1S/C16H17Cl2NO2/c1-21-15-8-10(5-6-14(15)20)7-11(9-19)16-12(17)3-2-4-13(16)18/h2-6,8,11,20H,7,9,19H2,1H3. The summed E-state index contributed by atoms with van der Waals surface area (Å²) < 4.78 is 5.12. The molecule has 112 valence electrons. The van der Waals surface area contributed by atoms with Gasteiger partial charge in [-0.25, -0.2) is 0 Å². The molecule has 2 aromatic carbocycles. The van der Waals surface area contributed by atoms with Crippen molar-refractivity contribution in [1.29, 1.82) is 0 Å². The molecule has 0 aliphatic heterocycles. The van der Waals surface area contributed by atoms with Crippen molar-refractivity contribution in [3.63, 3.8) is 0 Å². The van der Waals surface area contributed by atoms with Gasteiger partial charge in [-0.05, 0) is 48.4 Å². The Hall–Kier alpha value is -1.42. The molecule has 3 N–H and O–H groups in total. The van der Waals surface area contributed by atoms with Gasteiger partial charge in [0.1, 0.15) is 0 Å². The zero-order valence-corrected chi connectivity index (χ0v) is 13.2. The molecule has 0 bridgehead atoms. The Morgan fingerprint density at radius 3 is 2.43 bits per heavy atom. The van der Waals surface area contributed by atoms with E-state index in [0.717, 1.165) is 11.1 Å². The largest absolute Gasteiger partial charge is 0.504 e. The van der Waals surface area contributed by atoms with Gasteiger partial charge < -0.3 is 15.6 Å². The molecule has 0 fully saturated rings. The molecule has 0 aromatic heterocycles. The van der Waals surface area contributed by atoms with Gasteiger partial charge in [-0.3, -0.25) is 0 Å². The van der Waals surface area contributed by atoms with Crippen molar-refractivity contribution in [3.05, 3.63) is 57.6 Å². The first-order chi connectivity index (χ1) is 10.1. The first-order valence-electron chi connectivity index (χ1n) is 6.56. The van der Waals surface area contributed by atoms with Crippen LogP contribution in [0.2, 0.25) is 10.0 Å². The summed E-state index contributed by atoms with van der Waals surface area (Å²) >= 11 is 12.5. The van der Waals surface area contributed by atoms with E-state index in [0.29, 0.717) is 28.8 Å². The van der Waals surface area contributed by atoms with E-state index in [4.69, 9.17) is 33.7 Å². The Kier molecular flexibility index (Phi) is 5.34. The Balaban J connectivity index is 2.31. The van der Waals surface area contributed by atoms with Gasteiger partial charge >= 0.3 is 0 Å². The van der Waals surface area contributed by atoms with E-state index < -0.39 is 0 Å². The average molecular weight is 326 g/mol. The lowest BCUT2D eigenvalue weighted by molar-refractivity contribution is 0.373. The summed E-state index contributed by atoms with van der Waals surface area (Å²) in [5, 5.41) is 10.9. The summed E-state index contributed by atoms with van der Waals surface area (Å²) in [4.78, 5) is 0. The number of benzene rings is 2. The molecule has 2 rings (SSSR count). The summed E-state index contributed by atoms with van der Waals surface area (Å²) in [5.74, 6) is 0.551. The van der Waals surface area contributed by atoms with E-state index in [1.165, 1.54) is 7.11 Å². The molecule has 3 nitrogen and oxygen atoms in total. The van der Waals surface area contributed by atoms with Crippen molar-refractivity contribution in [3.8, 4) is 11.5 Å². The molecule has 0 aliphatic rings. The predicted molar refractivity (Wildman–Crippen MR) is 86.6 cm³/mol. The Labute approximate surface area is 134 Å². The maximum absolute atomic E-state index is 9.64. The summed E-state index contributed by atoms with van der Waals surface area (Å²) in [7, 11) is 1.52. The minimum absolute atomic E-state index is 0.000416. The zero-order valence-electron chi connectivity index (χ0n) is 11.6. The van der Waals surface area contributed by atoms with Crippen LogP contribution in [0.15, 0.2) is 36.4 Å². The van der Waals surface area contributed by atoms with Crippen LogP contribution in [-0.2, 0) is 6.42 Å². The Bertz CT molecular complexity index is 611. The molecule has 1 atom stereocenters. The van der Waals surface area contributed by atoms with Gasteiger partial charge in [0.2, 0.25) is 0 Å². The van der Waals surface area contributed by atoms with Gasteiger partial charge in [0.15, 0.2) is 11.5 Å². The molecule has 2 aromatic rings. The third kappa shape index (κ3) is 3.62. The van der Waals surface area contributed by atoms with E-state index in [1.807, 2.05) is 24.3 Å². The maximum Gasteiger partial charge on any atom is 0.160 e. The van der Waals surface area contributed by atoms with Crippen LogP contribution in [-0.4, -0.2) is 18.8 Å². The third-order valence-electron chi connectivity index (χ3n) is 3.42. The summed E-state index contributed by atoms with van der Waals surface area (Å²) in [5.41, 5.74) is 7.75. The summed E-state index contributed by atoms with van der Waals surface area (Å²) in [6, 6.07) is 10.7. The number of phenols is 1. The normalized spacial score (nSPS) is 12.2. The predicted octanol–water partition coefficient (Wildman–Crippen LogP) is 3.99. The quantitative estimate of drug-likeness (QED) is 0.873. The van der Waals surface area contributed by atoms with E-state index in [9.17, 15) is 5.11 Å². The molecule has 1 unspecified atom stereocenters. The number of hydrogen-bond donors (Lipinski definition) is 2. The second-order valence-corrected chi connectivity index (χ2v) is 5.59. The van der Waals surface area contributed by atoms with E-state index in [2.05, 4.69) is 0 Å². The van der Waals surface area contributed by atoms with Gasteiger partial charge in [-0.2, -0.15) is 0 Å². The molecule has 0 amide bonds. The number of ether oxygens (including phenoxy) is 1. The van der Waals surface area contributed by atoms with E-state index in [1.54, 1.807) is 12.1 Å². The van der Waals surface area contributed by atoms with Gasteiger partial charge in [0.05, 0.1) is 7.11 Å². The minimum Gasteiger partial charge on any atom is -0.504 e. The summed E-state index contributed by atoms with van der Waals surface area (Å²) in [6.45, 7) is 0.423. The number of aromatic hydroxyl groups is 1. The molecule has 0 saturated carbocycles. The number of methoxy groups -OCH3 is 1. The molecule has 5 heteroatoms. The molecule has 0 spiro atoms. The Morgan fingerprint density at radius 1 is 1.19 bits per heavy atom. The van der Waals surface area contributed by atoms with Gasteiger partial charge in [-0.15, -0.1) is 0 Å². The number of nitrogens with two attached hydrogens (primary N) is 1. The SMILES string of the molecule is COc1cc(CC(CN)c2c(Cl)cccc2Cl)ccc1O. The fraction of sp³-hybridized carbons (Fsp3) is 0.250. The van der Waals surface area contributed by atoms with Crippen LogP contribution in [0.3, 0.4) is 0 Å². The van der Waals surface area contributed by atoms with Crippen molar-refractivity contribution >= 4 is 23.2 Å². The highest BCUT2D eigenvalue weighted by molar-refractivity contribution is 6.36. The topological polar surface area (TPSA) is 55.5 Å². The van der Waals surface area contributed by atoms with Crippen molar-refractivity contribution in [1.82, 2.24) is 0 Å². The van der Waals surface area contributed by atoms with Crippen LogP contribution < -0.4 is 10.5 Å². The van der Waals surface area contributed by atoms with Crippen molar-refractivity contribution in [2.75, 3.05) is 13.7 Å². The van der Waals surface area contributed by atoms with Crippen LogP contribution in [0.25, 0.3) is 0 Å². The van der Waals surface area contributed by atoms with Crippen molar-refractivity contribution < 1.29 is 9.84 Å². The van der Waals surface area contributed by atoms with Crippen molar-refractivity contribution in [2.24, 2.45) is 5.73 Å². The number of halogens is 2. The average Bonchev–Trinajstić information content (AvgIpc) is 2.47. The molecule has 0 radical (unpaired) electrons. The molecular weight excluding hydrogens is 309 g/mol. The number of hydrogen-bond acceptors (Lipinski definition) is 3. The highest BCUT2D eigenvalue weighted by atomic mass is 35.5. The zero-order chi connectivity index (χ0) is 15.4. The van der Waals surface area contributed by atoms with Gasteiger partial charge in [0.25, 0.3) is 0 Å². The third-order valence-corrected chi connectivity index (χ3v) is 4.08. The van der Waals surface area contributed by atoms with E-state index >= 15 is 0 Å². The van der Waals surface area contributed by atoms with Gasteiger partial charge in [0, 0.05) is 16.0 Å². The fourth-order valence-electron chi connectivity index (χ4n) is 2.34. The van der Waals surface area contributed by atoms with E-state index in [-0.39, 0.29) is 11.7 Å². The van der Waals surface area contributed by atoms with Crippen molar-refractivity contribution in [2.45, 2.75) is 12.3 Å². The molecule has 0 heterocycles. The highest BCUT2D eigenvalue weighted by Gasteiger charge is 2.18. The monoisotopic (exact) mass is 325 g/mol. The highest BCUT2D eigenvalue weighted by Crippen LogP contribution is 2.34. The number of phenolic OH excluding ortho intramolecular Hbond substituents is 1. The Morgan fingerprint density at radius 2 is 1.86 bits per heavy atom. The molecule has 21 heavy (non-hydrogen) atoms. The smallest absolute Gasteiger partial charge is 0.160 e. The number of rotatable bonds is 5. The second-order valence-electron chi connectivity index (χ2n) is 4.78. The lowest BCUT2D eigenvalue weighted by Crippen LogP contribution is -2.16. The van der Waals surface area contributed by atoms with Crippen LogP contribution in [0.1, 0.15) is 17.0 Å².